The van der Waals surface area contributed by atoms with Gasteiger partial charge in [0.2, 0.25) is 0 Å². The quantitative estimate of drug-likeness (QED) is 0.541. The lowest BCUT2D eigenvalue weighted by molar-refractivity contribution is -0.159. The SMILES string of the molecule is CC1CC23CCCC(C)C2(C)CC1CC3. The molecule has 86 valence electrons. The standard InChI is InChI=1S/C15H26/c1-11-9-15-7-4-5-12(2)14(15,3)10-13(11)6-8-15/h11-13H,4-10H2,1-3H3. The van der Waals surface area contributed by atoms with Crippen LogP contribution in [0.1, 0.15) is 65.7 Å². The minimum absolute atomic E-state index is 0.709. The molecule has 1 spiro atoms. The molecule has 0 nitrogen and oxygen atoms in total. The molecule has 0 amide bonds. The summed E-state index contributed by atoms with van der Waals surface area (Å²) in [5, 5.41) is 0. The number of rotatable bonds is 0. The smallest absolute Gasteiger partial charge is 0.0238 e. The van der Waals surface area contributed by atoms with E-state index < -0.39 is 0 Å². The maximum Gasteiger partial charge on any atom is -0.0238 e. The molecule has 4 saturated carbocycles. The average Bonchev–Trinajstić information content (AvgIpc) is 2.19. The summed E-state index contributed by atoms with van der Waals surface area (Å²) in [6, 6.07) is 0. The number of hydrogen-bond donors (Lipinski definition) is 0. The van der Waals surface area contributed by atoms with E-state index in [-0.39, 0.29) is 0 Å². The fourth-order valence-corrected chi connectivity index (χ4v) is 5.52. The second-order valence-electron chi connectivity index (χ2n) is 7.18. The van der Waals surface area contributed by atoms with Crippen molar-refractivity contribution in [2.24, 2.45) is 28.6 Å². The molecule has 15 heavy (non-hydrogen) atoms. The molecule has 0 aromatic rings. The largest absolute Gasteiger partial charge is 0.0622 e. The van der Waals surface area contributed by atoms with Crippen LogP contribution in [0.5, 0.6) is 0 Å². The highest BCUT2D eigenvalue weighted by molar-refractivity contribution is 5.09. The van der Waals surface area contributed by atoms with Gasteiger partial charge in [0, 0.05) is 0 Å². The van der Waals surface area contributed by atoms with Crippen molar-refractivity contribution in [3.8, 4) is 0 Å². The molecule has 0 N–H and O–H groups in total. The third kappa shape index (κ3) is 1.14. The molecule has 4 rings (SSSR count). The van der Waals surface area contributed by atoms with Gasteiger partial charge >= 0.3 is 0 Å². The van der Waals surface area contributed by atoms with Crippen LogP contribution >= 0.6 is 0 Å². The molecule has 4 aliphatic carbocycles. The summed E-state index contributed by atoms with van der Waals surface area (Å²) in [4.78, 5) is 0. The van der Waals surface area contributed by atoms with Crippen molar-refractivity contribution in [1.29, 1.82) is 0 Å². The van der Waals surface area contributed by atoms with E-state index in [9.17, 15) is 0 Å². The Bertz CT molecular complexity index is 265. The molecule has 0 saturated heterocycles. The van der Waals surface area contributed by atoms with E-state index >= 15 is 0 Å². The van der Waals surface area contributed by atoms with E-state index in [0.717, 1.165) is 23.2 Å². The molecule has 0 radical (unpaired) electrons. The van der Waals surface area contributed by atoms with Gasteiger partial charge in [-0.25, -0.2) is 0 Å². The highest BCUT2D eigenvalue weighted by atomic mass is 14.6. The van der Waals surface area contributed by atoms with Gasteiger partial charge in [-0.15, -0.1) is 0 Å². The van der Waals surface area contributed by atoms with Gasteiger partial charge in [0.25, 0.3) is 0 Å². The zero-order valence-corrected chi connectivity index (χ0v) is 10.7. The molecule has 0 aliphatic heterocycles. The summed E-state index contributed by atoms with van der Waals surface area (Å²) in [7, 11) is 0. The molecule has 0 heterocycles. The summed E-state index contributed by atoms with van der Waals surface area (Å²) >= 11 is 0. The first kappa shape index (κ1) is 10.2. The summed E-state index contributed by atoms with van der Waals surface area (Å²) < 4.78 is 0. The summed E-state index contributed by atoms with van der Waals surface area (Å²) in [6.07, 6.45) is 10.8. The lowest BCUT2D eigenvalue weighted by Gasteiger charge is -2.66. The Morgan fingerprint density at radius 1 is 1.00 bits per heavy atom. The monoisotopic (exact) mass is 206 g/mol. The zero-order chi connectivity index (χ0) is 10.7. The minimum Gasteiger partial charge on any atom is -0.0622 e. The second-order valence-corrected chi connectivity index (χ2v) is 7.18. The van der Waals surface area contributed by atoms with Gasteiger partial charge in [-0.1, -0.05) is 33.6 Å². The highest BCUT2D eigenvalue weighted by Gasteiger charge is 2.59. The van der Waals surface area contributed by atoms with E-state index in [2.05, 4.69) is 20.8 Å². The van der Waals surface area contributed by atoms with Crippen LogP contribution in [-0.2, 0) is 0 Å². The van der Waals surface area contributed by atoms with E-state index in [1.54, 1.807) is 32.1 Å². The topological polar surface area (TPSA) is 0 Å². The van der Waals surface area contributed by atoms with Crippen molar-refractivity contribution in [3.05, 3.63) is 0 Å². The van der Waals surface area contributed by atoms with Crippen LogP contribution in [0.25, 0.3) is 0 Å². The van der Waals surface area contributed by atoms with Crippen LogP contribution in [0.4, 0.5) is 0 Å². The minimum atomic E-state index is 0.709. The van der Waals surface area contributed by atoms with Crippen LogP contribution in [-0.4, -0.2) is 0 Å². The first-order valence-corrected chi connectivity index (χ1v) is 7.07. The maximum absolute atomic E-state index is 2.63. The van der Waals surface area contributed by atoms with Crippen LogP contribution in [0.3, 0.4) is 0 Å². The van der Waals surface area contributed by atoms with Gasteiger partial charge in [-0.3, -0.25) is 0 Å². The lowest BCUT2D eigenvalue weighted by Crippen LogP contribution is -2.56. The van der Waals surface area contributed by atoms with E-state index in [4.69, 9.17) is 0 Å². The van der Waals surface area contributed by atoms with Crippen molar-refractivity contribution in [3.63, 3.8) is 0 Å². The normalized spacial score (nSPS) is 59.0. The first-order valence-electron chi connectivity index (χ1n) is 7.07. The van der Waals surface area contributed by atoms with Crippen molar-refractivity contribution in [2.45, 2.75) is 65.7 Å². The van der Waals surface area contributed by atoms with Crippen molar-refractivity contribution >= 4 is 0 Å². The Hall–Kier alpha value is 0. The van der Waals surface area contributed by atoms with Crippen LogP contribution < -0.4 is 0 Å². The third-order valence-corrected chi connectivity index (χ3v) is 6.79. The van der Waals surface area contributed by atoms with E-state index in [1.165, 1.54) is 12.8 Å². The third-order valence-electron chi connectivity index (χ3n) is 6.79. The van der Waals surface area contributed by atoms with Crippen LogP contribution in [0, 0.1) is 28.6 Å². The van der Waals surface area contributed by atoms with Crippen LogP contribution in [0.2, 0.25) is 0 Å². The van der Waals surface area contributed by atoms with Gasteiger partial charge in [0.05, 0.1) is 0 Å². The fourth-order valence-electron chi connectivity index (χ4n) is 5.52. The first-order chi connectivity index (χ1) is 7.07. The molecular formula is C15H26. The molecule has 0 aromatic heterocycles. The Balaban J connectivity index is 2.00. The molecule has 5 atom stereocenters. The van der Waals surface area contributed by atoms with Gasteiger partial charge in [0.1, 0.15) is 0 Å². The van der Waals surface area contributed by atoms with Crippen molar-refractivity contribution in [2.75, 3.05) is 0 Å². The summed E-state index contributed by atoms with van der Waals surface area (Å²) in [5.74, 6) is 3.08. The van der Waals surface area contributed by atoms with Gasteiger partial charge in [-0.2, -0.15) is 0 Å². The van der Waals surface area contributed by atoms with E-state index in [1.807, 2.05) is 0 Å². The average molecular weight is 206 g/mol. The van der Waals surface area contributed by atoms with Crippen molar-refractivity contribution < 1.29 is 0 Å². The second kappa shape index (κ2) is 3.02. The molecule has 0 aromatic carbocycles. The molecule has 5 unspecified atom stereocenters. The molecule has 4 aliphatic rings. The highest BCUT2D eigenvalue weighted by Crippen LogP contribution is 2.69. The maximum atomic E-state index is 2.63. The lowest BCUT2D eigenvalue weighted by atomic mass is 9.39. The molecular weight excluding hydrogens is 180 g/mol. The van der Waals surface area contributed by atoms with Gasteiger partial charge in [-0.05, 0) is 60.7 Å². The van der Waals surface area contributed by atoms with E-state index in [0.29, 0.717) is 5.41 Å². The number of fused-ring (bicyclic) bond motifs is 2. The Morgan fingerprint density at radius 2 is 1.80 bits per heavy atom. The van der Waals surface area contributed by atoms with Gasteiger partial charge < -0.3 is 0 Å². The Kier molecular flexibility index (Phi) is 2.05. The molecule has 2 bridgehead atoms. The summed E-state index contributed by atoms with van der Waals surface area (Å²) in [6.45, 7) is 7.69. The van der Waals surface area contributed by atoms with Crippen molar-refractivity contribution in [1.82, 2.24) is 0 Å². The molecule has 4 fully saturated rings. The predicted octanol–water partition coefficient (Wildman–Crippen LogP) is 4.64. The predicted molar refractivity (Wildman–Crippen MR) is 64.7 cm³/mol. The summed E-state index contributed by atoms with van der Waals surface area (Å²) in [5.41, 5.74) is 1.47. The van der Waals surface area contributed by atoms with Gasteiger partial charge in [0.15, 0.2) is 0 Å². The van der Waals surface area contributed by atoms with Crippen LogP contribution in [0.15, 0.2) is 0 Å². The Labute approximate surface area is 94.8 Å². The fraction of sp³-hybridized carbons (Fsp3) is 1.00. The molecule has 0 heteroatoms. The number of hydrogen-bond acceptors (Lipinski definition) is 0. The zero-order valence-electron chi connectivity index (χ0n) is 10.7. The Morgan fingerprint density at radius 3 is 2.53 bits per heavy atom.